The number of anilines is 1. The van der Waals surface area contributed by atoms with Crippen LogP contribution in [0.5, 0.6) is 0 Å². The van der Waals surface area contributed by atoms with Crippen molar-refractivity contribution in [1.29, 1.82) is 0 Å². The van der Waals surface area contributed by atoms with Gasteiger partial charge in [-0.05, 0) is 36.8 Å². The van der Waals surface area contributed by atoms with Gasteiger partial charge in [0.2, 0.25) is 5.13 Å². The van der Waals surface area contributed by atoms with Gasteiger partial charge in [-0.2, -0.15) is 0 Å². The summed E-state index contributed by atoms with van der Waals surface area (Å²) >= 11 is 4.71. The number of nitrogens with one attached hydrogen (secondary N) is 1. The van der Waals surface area contributed by atoms with Crippen molar-refractivity contribution in [3.8, 4) is 10.6 Å². The first-order valence-corrected chi connectivity index (χ1v) is 8.21. The first-order valence-electron chi connectivity index (χ1n) is 6.60. The summed E-state index contributed by atoms with van der Waals surface area (Å²) in [7, 11) is 0. The average molecular weight is 374 g/mol. The topological polar surface area (TPSA) is 54.9 Å². The zero-order valence-electron chi connectivity index (χ0n) is 11.7. The molecule has 0 aliphatic heterocycles. The number of rotatable bonds is 3. The molecule has 1 N–H and O–H groups in total. The largest absolute Gasteiger partial charge is 0.296 e. The number of nitrogens with zero attached hydrogens (tertiary/aromatic N) is 2. The first kappa shape index (κ1) is 14.9. The Hall–Kier alpha value is -2.05. The number of carbonyl (C=O) groups excluding carboxylic acids is 1. The van der Waals surface area contributed by atoms with Crippen molar-refractivity contribution in [3.05, 3.63) is 64.1 Å². The maximum absolute atomic E-state index is 12.2. The molecule has 0 fully saturated rings. The Balaban J connectivity index is 1.78. The standard InChI is InChI=1S/C16H12BrN3OS/c1-10-4-2-3-5-13(10)15-19-20-16(22-15)18-14(21)11-6-8-12(17)9-7-11/h2-9H,1H3,(H,18,20,21). The molecule has 0 aliphatic rings. The van der Waals surface area contributed by atoms with Crippen LogP contribution in [-0.2, 0) is 0 Å². The van der Waals surface area contributed by atoms with Crippen molar-refractivity contribution >= 4 is 38.3 Å². The highest BCUT2D eigenvalue weighted by Crippen LogP contribution is 2.28. The van der Waals surface area contributed by atoms with E-state index in [4.69, 9.17) is 0 Å². The number of halogens is 1. The van der Waals surface area contributed by atoms with Gasteiger partial charge < -0.3 is 0 Å². The molecule has 0 saturated heterocycles. The Morgan fingerprint density at radius 1 is 1.09 bits per heavy atom. The third kappa shape index (κ3) is 3.23. The van der Waals surface area contributed by atoms with Crippen molar-refractivity contribution in [2.45, 2.75) is 6.92 Å². The number of aromatic nitrogens is 2. The monoisotopic (exact) mass is 373 g/mol. The van der Waals surface area contributed by atoms with E-state index in [0.717, 1.165) is 20.6 Å². The molecule has 0 saturated carbocycles. The lowest BCUT2D eigenvalue weighted by atomic mass is 10.1. The van der Waals surface area contributed by atoms with E-state index in [-0.39, 0.29) is 5.91 Å². The molecule has 0 radical (unpaired) electrons. The minimum absolute atomic E-state index is 0.194. The summed E-state index contributed by atoms with van der Waals surface area (Å²) in [6.45, 7) is 2.02. The predicted octanol–water partition coefficient (Wildman–Crippen LogP) is 4.53. The fraction of sp³-hybridized carbons (Fsp3) is 0.0625. The van der Waals surface area contributed by atoms with Gasteiger partial charge >= 0.3 is 0 Å². The molecule has 0 spiro atoms. The zero-order valence-corrected chi connectivity index (χ0v) is 14.1. The van der Waals surface area contributed by atoms with Crippen LogP contribution in [0.2, 0.25) is 0 Å². The van der Waals surface area contributed by atoms with E-state index in [9.17, 15) is 4.79 Å². The quantitative estimate of drug-likeness (QED) is 0.733. The number of hydrogen-bond donors (Lipinski definition) is 1. The van der Waals surface area contributed by atoms with E-state index < -0.39 is 0 Å². The molecule has 0 aliphatic carbocycles. The van der Waals surface area contributed by atoms with Gasteiger partial charge in [0.25, 0.3) is 5.91 Å². The molecule has 1 amide bonds. The molecular formula is C16H12BrN3OS. The second-order valence-corrected chi connectivity index (χ2v) is 6.58. The highest BCUT2D eigenvalue weighted by Gasteiger charge is 2.12. The van der Waals surface area contributed by atoms with E-state index >= 15 is 0 Å². The Kier molecular flexibility index (Phi) is 4.31. The lowest BCUT2D eigenvalue weighted by molar-refractivity contribution is 0.102. The van der Waals surface area contributed by atoms with Crippen LogP contribution in [0.25, 0.3) is 10.6 Å². The number of hydrogen-bond acceptors (Lipinski definition) is 4. The maximum atomic E-state index is 12.2. The molecule has 0 atom stereocenters. The Morgan fingerprint density at radius 3 is 2.55 bits per heavy atom. The van der Waals surface area contributed by atoms with E-state index in [0.29, 0.717) is 10.7 Å². The van der Waals surface area contributed by atoms with Crippen LogP contribution in [0.15, 0.2) is 53.0 Å². The average Bonchev–Trinajstić information content (AvgIpc) is 2.96. The van der Waals surface area contributed by atoms with Crippen LogP contribution in [0, 0.1) is 6.92 Å². The van der Waals surface area contributed by atoms with Gasteiger partial charge in [0.15, 0.2) is 0 Å². The number of aryl methyl sites for hydroxylation is 1. The molecule has 2 aromatic carbocycles. The van der Waals surface area contributed by atoms with Crippen LogP contribution in [0.3, 0.4) is 0 Å². The van der Waals surface area contributed by atoms with Crippen molar-refractivity contribution in [2.24, 2.45) is 0 Å². The van der Waals surface area contributed by atoms with E-state index in [1.807, 2.05) is 43.3 Å². The normalized spacial score (nSPS) is 10.5. The Morgan fingerprint density at radius 2 is 1.82 bits per heavy atom. The maximum Gasteiger partial charge on any atom is 0.257 e. The third-order valence-electron chi connectivity index (χ3n) is 3.13. The second kappa shape index (κ2) is 6.37. The van der Waals surface area contributed by atoms with Gasteiger partial charge in [0.1, 0.15) is 5.01 Å². The summed E-state index contributed by atoms with van der Waals surface area (Å²) in [5.41, 5.74) is 2.74. The van der Waals surface area contributed by atoms with Gasteiger partial charge in [-0.3, -0.25) is 10.1 Å². The highest BCUT2D eigenvalue weighted by atomic mass is 79.9. The third-order valence-corrected chi connectivity index (χ3v) is 4.53. The number of carbonyl (C=O) groups is 1. The minimum atomic E-state index is -0.194. The van der Waals surface area contributed by atoms with Crippen molar-refractivity contribution in [3.63, 3.8) is 0 Å². The SMILES string of the molecule is Cc1ccccc1-c1nnc(NC(=O)c2ccc(Br)cc2)s1. The minimum Gasteiger partial charge on any atom is -0.296 e. The van der Waals surface area contributed by atoms with Crippen LogP contribution in [0.1, 0.15) is 15.9 Å². The summed E-state index contributed by atoms with van der Waals surface area (Å²) in [6.07, 6.45) is 0. The summed E-state index contributed by atoms with van der Waals surface area (Å²) < 4.78 is 0.932. The van der Waals surface area contributed by atoms with E-state index in [2.05, 4.69) is 31.4 Å². The molecule has 0 unspecified atom stereocenters. The van der Waals surface area contributed by atoms with Crippen LogP contribution in [-0.4, -0.2) is 16.1 Å². The van der Waals surface area contributed by atoms with Gasteiger partial charge in [-0.25, -0.2) is 0 Å². The molecule has 4 nitrogen and oxygen atoms in total. The molecule has 22 heavy (non-hydrogen) atoms. The van der Waals surface area contributed by atoms with Crippen LogP contribution >= 0.6 is 27.3 Å². The number of amides is 1. The van der Waals surface area contributed by atoms with Crippen molar-refractivity contribution in [1.82, 2.24) is 10.2 Å². The van der Waals surface area contributed by atoms with Crippen LogP contribution < -0.4 is 5.32 Å². The molecular weight excluding hydrogens is 362 g/mol. The van der Waals surface area contributed by atoms with Gasteiger partial charge in [-0.1, -0.05) is 51.5 Å². The lowest BCUT2D eigenvalue weighted by Crippen LogP contribution is -2.11. The lowest BCUT2D eigenvalue weighted by Gasteiger charge is -2.01. The number of benzene rings is 2. The van der Waals surface area contributed by atoms with Crippen molar-refractivity contribution < 1.29 is 4.79 Å². The smallest absolute Gasteiger partial charge is 0.257 e. The molecule has 110 valence electrons. The molecule has 6 heteroatoms. The molecule has 1 heterocycles. The van der Waals surface area contributed by atoms with E-state index in [1.54, 1.807) is 12.1 Å². The van der Waals surface area contributed by atoms with Gasteiger partial charge in [-0.15, -0.1) is 10.2 Å². The van der Waals surface area contributed by atoms with Gasteiger partial charge in [0, 0.05) is 15.6 Å². The van der Waals surface area contributed by atoms with Gasteiger partial charge in [0.05, 0.1) is 0 Å². The zero-order chi connectivity index (χ0) is 15.5. The molecule has 0 bridgehead atoms. The Bertz CT molecular complexity index is 814. The van der Waals surface area contributed by atoms with E-state index in [1.165, 1.54) is 11.3 Å². The molecule has 1 aromatic heterocycles. The molecule has 3 aromatic rings. The highest BCUT2D eigenvalue weighted by molar-refractivity contribution is 9.10. The van der Waals surface area contributed by atoms with Crippen LogP contribution in [0.4, 0.5) is 5.13 Å². The summed E-state index contributed by atoms with van der Waals surface area (Å²) in [6, 6.07) is 15.1. The summed E-state index contributed by atoms with van der Waals surface area (Å²) in [5.74, 6) is -0.194. The fourth-order valence-electron chi connectivity index (χ4n) is 1.97. The predicted molar refractivity (Wildman–Crippen MR) is 92.2 cm³/mol. The second-order valence-electron chi connectivity index (χ2n) is 4.69. The summed E-state index contributed by atoms with van der Waals surface area (Å²) in [5, 5.41) is 12.3. The molecule has 3 rings (SSSR count). The first-order chi connectivity index (χ1) is 10.6. The fourth-order valence-corrected chi connectivity index (χ4v) is 3.06. The van der Waals surface area contributed by atoms with Crippen molar-refractivity contribution in [2.75, 3.05) is 5.32 Å². The summed E-state index contributed by atoms with van der Waals surface area (Å²) in [4.78, 5) is 12.2. The Labute approximate surface area is 140 Å².